The van der Waals surface area contributed by atoms with Gasteiger partial charge in [0, 0.05) is 16.2 Å². The molecule has 0 aliphatic heterocycles. The first-order chi connectivity index (χ1) is 11.1. The zero-order valence-corrected chi connectivity index (χ0v) is 14.3. The van der Waals surface area contributed by atoms with Crippen LogP contribution in [0, 0.1) is 6.92 Å². The van der Waals surface area contributed by atoms with E-state index in [4.69, 9.17) is 0 Å². The van der Waals surface area contributed by atoms with Gasteiger partial charge in [-0.05, 0) is 37.6 Å². The van der Waals surface area contributed by atoms with Gasteiger partial charge in [0.05, 0.1) is 16.9 Å². The maximum absolute atomic E-state index is 12.7. The van der Waals surface area contributed by atoms with Crippen LogP contribution in [0.25, 0.3) is 0 Å². The van der Waals surface area contributed by atoms with Gasteiger partial charge in [-0.2, -0.15) is 0 Å². The highest BCUT2D eigenvalue weighted by Crippen LogP contribution is 2.18. The van der Waals surface area contributed by atoms with Crippen molar-refractivity contribution in [3.63, 3.8) is 0 Å². The summed E-state index contributed by atoms with van der Waals surface area (Å²) < 4.78 is 12.7. The van der Waals surface area contributed by atoms with Crippen molar-refractivity contribution in [1.29, 1.82) is 0 Å². The maximum atomic E-state index is 12.7. The number of aliphatic hydroxyl groups excluding tert-OH is 1. The van der Waals surface area contributed by atoms with E-state index in [0.29, 0.717) is 11.3 Å². The van der Waals surface area contributed by atoms with Crippen molar-refractivity contribution >= 4 is 10.8 Å². The first-order valence-electron chi connectivity index (χ1n) is 7.65. The third-order valence-corrected chi connectivity index (χ3v) is 4.83. The van der Waals surface area contributed by atoms with Crippen molar-refractivity contribution in [3.8, 4) is 0 Å². The van der Waals surface area contributed by atoms with Crippen molar-refractivity contribution in [2.45, 2.75) is 31.3 Å². The Bertz CT molecular complexity index is 700. The van der Waals surface area contributed by atoms with Gasteiger partial charge >= 0.3 is 0 Å². The summed E-state index contributed by atoms with van der Waals surface area (Å²) in [6.07, 6.45) is 5.16. The van der Waals surface area contributed by atoms with Gasteiger partial charge in [0.1, 0.15) is 0 Å². The Morgan fingerprint density at radius 2 is 1.78 bits per heavy atom. The molecule has 0 heterocycles. The highest BCUT2D eigenvalue weighted by molar-refractivity contribution is 7.89. The van der Waals surface area contributed by atoms with Crippen LogP contribution < -0.4 is 0 Å². The molecule has 0 aliphatic carbocycles. The number of rotatable bonds is 6. The summed E-state index contributed by atoms with van der Waals surface area (Å²) in [6.45, 7) is 3.88. The van der Waals surface area contributed by atoms with E-state index in [1.165, 1.54) is 0 Å². The highest BCUT2D eigenvalue weighted by atomic mass is 32.2. The summed E-state index contributed by atoms with van der Waals surface area (Å²) in [6, 6.07) is 17.4. The first kappa shape index (κ1) is 17.4. The standard InChI is InChI=1S/C20H22O2S/c1-3-7-20(23(22)19-12-10-16(2)11-13-19)15-18(21)14-17-8-5-4-6-9-17/h3-13,15,18,21H,14H2,1-2H3/b7-3+,20-15+/t18-,23+/m1/s1. The van der Waals surface area contributed by atoms with Gasteiger partial charge in [0.15, 0.2) is 0 Å². The van der Waals surface area contributed by atoms with Crippen LogP contribution in [-0.2, 0) is 17.2 Å². The monoisotopic (exact) mass is 326 g/mol. The highest BCUT2D eigenvalue weighted by Gasteiger charge is 2.11. The Kier molecular flexibility index (Phi) is 6.51. The molecule has 0 saturated carbocycles. The van der Waals surface area contributed by atoms with Crippen molar-refractivity contribution in [3.05, 3.63) is 88.9 Å². The van der Waals surface area contributed by atoms with Gasteiger partial charge in [-0.1, -0.05) is 60.2 Å². The molecule has 0 aliphatic rings. The summed E-state index contributed by atoms with van der Waals surface area (Å²) >= 11 is 0. The lowest BCUT2D eigenvalue weighted by Crippen LogP contribution is -2.09. The van der Waals surface area contributed by atoms with E-state index in [9.17, 15) is 9.32 Å². The molecule has 2 atom stereocenters. The van der Waals surface area contributed by atoms with E-state index in [0.717, 1.165) is 16.0 Å². The van der Waals surface area contributed by atoms with Gasteiger partial charge < -0.3 is 5.11 Å². The Balaban J connectivity index is 2.19. The van der Waals surface area contributed by atoms with Crippen LogP contribution in [0.1, 0.15) is 18.1 Å². The van der Waals surface area contributed by atoms with E-state index < -0.39 is 16.9 Å². The molecule has 2 aromatic carbocycles. The molecule has 1 N–H and O–H groups in total. The van der Waals surface area contributed by atoms with E-state index in [1.54, 1.807) is 12.2 Å². The second-order valence-electron chi connectivity index (χ2n) is 5.41. The third-order valence-electron chi connectivity index (χ3n) is 3.42. The predicted molar refractivity (Wildman–Crippen MR) is 96.6 cm³/mol. The lowest BCUT2D eigenvalue weighted by molar-refractivity contribution is 0.223. The fraction of sp³-hybridized carbons (Fsp3) is 0.200. The molecule has 0 unspecified atom stereocenters. The van der Waals surface area contributed by atoms with Crippen LogP contribution in [0.5, 0.6) is 0 Å². The Morgan fingerprint density at radius 3 is 2.39 bits per heavy atom. The molecule has 3 heteroatoms. The van der Waals surface area contributed by atoms with Gasteiger partial charge in [-0.3, -0.25) is 0 Å². The summed E-state index contributed by atoms with van der Waals surface area (Å²) in [4.78, 5) is 1.37. The van der Waals surface area contributed by atoms with Crippen molar-refractivity contribution in [1.82, 2.24) is 0 Å². The molecule has 2 aromatic rings. The lowest BCUT2D eigenvalue weighted by Gasteiger charge is -2.09. The molecule has 2 rings (SSSR count). The van der Waals surface area contributed by atoms with E-state index in [-0.39, 0.29) is 0 Å². The number of benzene rings is 2. The third kappa shape index (κ3) is 5.31. The molecule has 0 radical (unpaired) electrons. The quantitative estimate of drug-likeness (QED) is 0.809. The zero-order chi connectivity index (χ0) is 16.7. The van der Waals surface area contributed by atoms with Gasteiger partial charge in [-0.15, -0.1) is 0 Å². The second kappa shape index (κ2) is 8.61. The fourth-order valence-electron chi connectivity index (χ4n) is 2.25. The van der Waals surface area contributed by atoms with Crippen LogP contribution >= 0.6 is 0 Å². The number of hydrogen-bond donors (Lipinski definition) is 1. The number of hydrogen-bond acceptors (Lipinski definition) is 2. The molecule has 2 nitrogen and oxygen atoms in total. The minimum Gasteiger partial charge on any atom is -0.389 e. The molecule has 0 saturated heterocycles. The Hall–Kier alpha value is -1.97. The van der Waals surface area contributed by atoms with Crippen LogP contribution in [0.4, 0.5) is 0 Å². The smallest absolute Gasteiger partial charge is 0.0847 e. The summed E-state index contributed by atoms with van der Waals surface area (Å²) in [7, 11) is -1.29. The van der Waals surface area contributed by atoms with Gasteiger partial charge in [-0.25, -0.2) is 4.21 Å². The van der Waals surface area contributed by atoms with Crippen LogP contribution in [-0.4, -0.2) is 15.4 Å². The fourth-order valence-corrected chi connectivity index (χ4v) is 3.44. The number of aryl methyl sites for hydroxylation is 1. The Morgan fingerprint density at radius 1 is 1.13 bits per heavy atom. The molecule has 0 spiro atoms. The molecular formula is C20H22O2S. The first-order valence-corrected chi connectivity index (χ1v) is 8.80. The topological polar surface area (TPSA) is 37.3 Å². The SMILES string of the molecule is C/C=C/C(=C\[C@H](O)Cc1ccccc1)[S@@](=O)c1ccc(C)cc1. The maximum Gasteiger partial charge on any atom is 0.0847 e. The zero-order valence-electron chi connectivity index (χ0n) is 13.5. The number of allylic oxidation sites excluding steroid dienone is 2. The van der Waals surface area contributed by atoms with E-state index >= 15 is 0 Å². The normalized spacial score (nSPS) is 14.8. The van der Waals surface area contributed by atoms with Crippen LogP contribution in [0.15, 0.2) is 82.6 Å². The van der Waals surface area contributed by atoms with E-state index in [1.807, 2.05) is 74.5 Å². The van der Waals surface area contributed by atoms with E-state index in [2.05, 4.69) is 0 Å². The lowest BCUT2D eigenvalue weighted by atomic mass is 10.1. The van der Waals surface area contributed by atoms with Crippen LogP contribution in [0.3, 0.4) is 0 Å². The molecule has 0 amide bonds. The molecule has 23 heavy (non-hydrogen) atoms. The van der Waals surface area contributed by atoms with Crippen molar-refractivity contribution < 1.29 is 9.32 Å². The summed E-state index contributed by atoms with van der Waals surface area (Å²) in [5, 5.41) is 10.3. The molecule has 0 aromatic heterocycles. The largest absolute Gasteiger partial charge is 0.389 e. The second-order valence-corrected chi connectivity index (χ2v) is 6.89. The van der Waals surface area contributed by atoms with Crippen molar-refractivity contribution in [2.24, 2.45) is 0 Å². The molecular weight excluding hydrogens is 304 g/mol. The summed E-state index contributed by atoms with van der Waals surface area (Å²) in [5.74, 6) is 0. The number of aliphatic hydroxyl groups is 1. The molecule has 120 valence electrons. The van der Waals surface area contributed by atoms with Gasteiger partial charge in [0.25, 0.3) is 0 Å². The summed E-state index contributed by atoms with van der Waals surface area (Å²) in [5.41, 5.74) is 2.18. The molecule has 0 bridgehead atoms. The minimum absolute atomic E-state index is 0.507. The van der Waals surface area contributed by atoms with Crippen LogP contribution in [0.2, 0.25) is 0 Å². The Labute approximate surface area is 140 Å². The average molecular weight is 326 g/mol. The average Bonchev–Trinajstić information content (AvgIpc) is 2.55. The minimum atomic E-state index is -1.29. The van der Waals surface area contributed by atoms with Crippen molar-refractivity contribution in [2.75, 3.05) is 0 Å². The van der Waals surface area contributed by atoms with Gasteiger partial charge in [0.2, 0.25) is 0 Å². The predicted octanol–water partition coefficient (Wildman–Crippen LogP) is 4.17. The molecule has 0 fully saturated rings.